The summed E-state index contributed by atoms with van der Waals surface area (Å²) in [4.78, 5) is 0. The van der Waals surface area contributed by atoms with Gasteiger partial charge in [-0.2, -0.15) is 0 Å². The molecule has 192 valence electrons. The number of halogens is 2. The van der Waals surface area contributed by atoms with Gasteiger partial charge >= 0.3 is 0 Å². The third-order valence-corrected chi connectivity index (χ3v) is 7.14. The molecule has 1 aromatic rings. The molecule has 0 saturated carbocycles. The third-order valence-electron chi connectivity index (χ3n) is 6.81. The van der Waals surface area contributed by atoms with E-state index in [0.717, 1.165) is 61.9 Å². The summed E-state index contributed by atoms with van der Waals surface area (Å²) >= 11 is 6.15. The Morgan fingerprint density at radius 1 is 1.31 bits per heavy atom. The Labute approximate surface area is 214 Å². The van der Waals surface area contributed by atoms with Crippen molar-refractivity contribution in [2.75, 3.05) is 27.3 Å². The Bertz CT molecular complexity index is 966. The molecule has 2 aliphatic rings. The molecule has 1 aliphatic carbocycles. The van der Waals surface area contributed by atoms with Crippen LogP contribution in [0.2, 0.25) is 0 Å². The lowest BCUT2D eigenvalue weighted by molar-refractivity contribution is 0.370. The molecule has 3 atom stereocenters. The van der Waals surface area contributed by atoms with E-state index in [4.69, 9.17) is 21.1 Å². The van der Waals surface area contributed by atoms with Crippen LogP contribution in [0.3, 0.4) is 0 Å². The van der Waals surface area contributed by atoms with Crippen LogP contribution in [0.5, 0.6) is 11.5 Å². The lowest BCUT2D eigenvalue weighted by atomic mass is 9.81. The fourth-order valence-corrected chi connectivity index (χ4v) is 5.28. The molecule has 0 amide bonds. The smallest absolute Gasteiger partial charge is 0.137 e. The summed E-state index contributed by atoms with van der Waals surface area (Å²) in [7, 11) is 3.42. The number of hydrogen-bond donors (Lipinski definition) is 3. The summed E-state index contributed by atoms with van der Waals surface area (Å²) in [6, 6.07) is 5.95. The number of ether oxygens (including phenoxy) is 2. The first-order chi connectivity index (χ1) is 16.9. The zero-order valence-electron chi connectivity index (χ0n) is 21.3. The highest BCUT2D eigenvalue weighted by molar-refractivity contribution is 6.30. The van der Waals surface area contributed by atoms with Crippen LogP contribution in [0.1, 0.15) is 57.4 Å². The van der Waals surface area contributed by atoms with E-state index in [1.165, 1.54) is 16.8 Å². The minimum absolute atomic E-state index is 0.0244. The van der Waals surface area contributed by atoms with Crippen molar-refractivity contribution in [3.8, 4) is 11.5 Å². The van der Waals surface area contributed by atoms with Gasteiger partial charge in [-0.15, -0.1) is 0 Å². The number of allylic oxidation sites excluding steroid dienone is 4. The van der Waals surface area contributed by atoms with Crippen molar-refractivity contribution in [2.45, 2.75) is 64.1 Å². The van der Waals surface area contributed by atoms with Gasteiger partial charge in [0.25, 0.3) is 0 Å². The molecule has 1 heterocycles. The molecule has 0 bridgehead atoms. The molecule has 0 fully saturated rings. The second-order valence-corrected chi connectivity index (χ2v) is 9.78. The summed E-state index contributed by atoms with van der Waals surface area (Å²) in [6.07, 6.45) is 7.62. The summed E-state index contributed by atoms with van der Waals surface area (Å²) in [6.45, 7) is 9.49. The highest BCUT2D eigenvalue weighted by Crippen LogP contribution is 2.43. The summed E-state index contributed by atoms with van der Waals surface area (Å²) in [5, 5.41) is 11.1. The number of nitrogens with one attached hydrogen (secondary N) is 3. The van der Waals surface area contributed by atoms with E-state index in [-0.39, 0.29) is 17.2 Å². The van der Waals surface area contributed by atoms with Gasteiger partial charge in [0.15, 0.2) is 0 Å². The van der Waals surface area contributed by atoms with Gasteiger partial charge in [0.2, 0.25) is 0 Å². The Kier molecular flexibility index (Phi) is 10.3. The topological polar surface area (TPSA) is 54.5 Å². The van der Waals surface area contributed by atoms with Crippen LogP contribution in [0.25, 0.3) is 0 Å². The van der Waals surface area contributed by atoms with Crippen LogP contribution in [0, 0.1) is 0 Å². The number of rotatable bonds is 11. The molecular weight excluding hydrogens is 465 g/mol. The lowest BCUT2D eigenvalue weighted by Crippen LogP contribution is -2.50. The van der Waals surface area contributed by atoms with Crippen molar-refractivity contribution in [3.63, 3.8) is 0 Å². The first-order valence-electron chi connectivity index (χ1n) is 12.4. The zero-order chi connectivity index (χ0) is 25.4. The van der Waals surface area contributed by atoms with E-state index in [1.54, 1.807) is 14.2 Å². The second kappa shape index (κ2) is 13.1. The molecule has 1 unspecified atom stereocenters. The van der Waals surface area contributed by atoms with Gasteiger partial charge in [0.1, 0.15) is 23.5 Å². The first-order valence-corrected chi connectivity index (χ1v) is 12.7. The van der Waals surface area contributed by atoms with Gasteiger partial charge in [-0.05, 0) is 75.8 Å². The SMILES string of the molecule is C=C/C(F)=C(/Cl)C[C@H](C)NC(NC1=C(C)C[C@H](c2c(OC)cccc2OC)CC1)C1=CCCNC1. The van der Waals surface area contributed by atoms with Gasteiger partial charge in [-0.3, -0.25) is 5.32 Å². The number of benzene rings is 1. The van der Waals surface area contributed by atoms with Crippen LogP contribution in [-0.4, -0.2) is 39.5 Å². The predicted molar refractivity (Wildman–Crippen MR) is 143 cm³/mol. The van der Waals surface area contributed by atoms with Gasteiger partial charge in [-0.25, -0.2) is 4.39 Å². The van der Waals surface area contributed by atoms with E-state index in [0.29, 0.717) is 12.3 Å². The quantitative estimate of drug-likeness (QED) is 0.195. The van der Waals surface area contributed by atoms with E-state index in [9.17, 15) is 4.39 Å². The highest BCUT2D eigenvalue weighted by atomic mass is 35.5. The number of methoxy groups -OCH3 is 2. The largest absolute Gasteiger partial charge is 0.496 e. The van der Waals surface area contributed by atoms with E-state index in [1.807, 2.05) is 25.1 Å². The van der Waals surface area contributed by atoms with E-state index < -0.39 is 5.83 Å². The summed E-state index contributed by atoms with van der Waals surface area (Å²) < 4.78 is 25.2. The molecule has 0 radical (unpaired) electrons. The van der Waals surface area contributed by atoms with Crippen LogP contribution in [0.15, 0.2) is 64.6 Å². The normalized spacial score (nSPS) is 21.0. The van der Waals surface area contributed by atoms with Crippen LogP contribution < -0.4 is 25.4 Å². The monoisotopic (exact) mass is 503 g/mol. The van der Waals surface area contributed by atoms with Crippen molar-refractivity contribution in [3.05, 3.63) is 70.2 Å². The Hall–Kier alpha value is -2.28. The molecule has 3 rings (SSSR count). The minimum Gasteiger partial charge on any atom is -0.496 e. The summed E-state index contributed by atoms with van der Waals surface area (Å²) in [5.41, 5.74) is 4.99. The van der Waals surface area contributed by atoms with E-state index in [2.05, 4.69) is 35.5 Å². The maximum absolute atomic E-state index is 13.8. The molecule has 0 saturated heterocycles. The second-order valence-electron chi connectivity index (χ2n) is 9.33. The molecule has 5 nitrogen and oxygen atoms in total. The Balaban J connectivity index is 1.78. The molecular formula is C28H39ClFN3O2. The van der Waals surface area contributed by atoms with Crippen LogP contribution in [0.4, 0.5) is 4.39 Å². The van der Waals surface area contributed by atoms with Crippen molar-refractivity contribution < 1.29 is 13.9 Å². The predicted octanol–water partition coefficient (Wildman–Crippen LogP) is 6.05. The maximum atomic E-state index is 13.8. The van der Waals surface area contributed by atoms with Gasteiger partial charge < -0.3 is 20.1 Å². The van der Waals surface area contributed by atoms with Gasteiger partial charge in [-0.1, -0.05) is 35.9 Å². The minimum atomic E-state index is -0.466. The van der Waals surface area contributed by atoms with Crippen molar-refractivity contribution >= 4 is 11.6 Å². The molecule has 1 aromatic carbocycles. The fourth-order valence-electron chi connectivity index (χ4n) is 4.97. The van der Waals surface area contributed by atoms with Gasteiger partial charge in [0.05, 0.1) is 19.3 Å². The molecule has 0 aromatic heterocycles. The van der Waals surface area contributed by atoms with Crippen LogP contribution >= 0.6 is 11.6 Å². The molecule has 1 aliphatic heterocycles. The average Bonchev–Trinajstić information content (AvgIpc) is 2.88. The van der Waals surface area contributed by atoms with Crippen LogP contribution in [-0.2, 0) is 0 Å². The first kappa shape index (κ1) is 27.3. The van der Waals surface area contributed by atoms with Crippen molar-refractivity contribution in [1.82, 2.24) is 16.0 Å². The van der Waals surface area contributed by atoms with Gasteiger partial charge in [0, 0.05) is 30.3 Å². The third kappa shape index (κ3) is 7.12. The highest BCUT2D eigenvalue weighted by Gasteiger charge is 2.28. The molecule has 0 spiro atoms. The van der Waals surface area contributed by atoms with Crippen molar-refractivity contribution in [2.24, 2.45) is 0 Å². The fraction of sp³-hybridized carbons (Fsp3) is 0.500. The zero-order valence-corrected chi connectivity index (χ0v) is 22.1. The Morgan fingerprint density at radius 3 is 2.60 bits per heavy atom. The number of hydrogen-bond acceptors (Lipinski definition) is 5. The molecule has 7 heteroatoms. The van der Waals surface area contributed by atoms with Crippen molar-refractivity contribution in [1.29, 1.82) is 0 Å². The molecule has 35 heavy (non-hydrogen) atoms. The standard InChI is InChI=1S/C28H39ClFN3O2/c1-6-23(30)22(29)16-19(3)32-28(21-9-8-14-31-17-21)33-24-13-12-20(15-18(24)2)27-25(34-4)10-7-11-26(27)35-5/h6-7,9-11,19-20,28,31-33H,1,8,12-17H2,2-5H3/b23-22-/t19-,20+,28?/m0/s1. The molecule has 3 N–H and O–H groups in total. The maximum Gasteiger partial charge on any atom is 0.137 e. The summed E-state index contributed by atoms with van der Waals surface area (Å²) in [5.74, 6) is 1.62. The average molecular weight is 504 g/mol. The Morgan fingerprint density at radius 2 is 2.03 bits per heavy atom. The lowest BCUT2D eigenvalue weighted by Gasteiger charge is -2.34. The van der Waals surface area contributed by atoms with E-state index >= 15 is 0 Å².